The first kappa shape index (κ1) is 24.9. The summed E-state index contributed by atoms with van der Waals surface area (Å²) in [6.07, 6.45) is -6.50. The van der Waals surface area contributed by atoms with Crippen LogP contribution in [-0.4, -0.2) is 54.2 Å². The number of nitrogens with one attached hydrogen (secondary N) is 1. The molecule has 0 aromatic heterocycles. The first-order valence-corrected chi connectivity index (χ1v) is 9.98. The van der Waals surface area contributed by atoms with Gasteiger partial charge >= 0.3 is 18.2 Å². The number of hydrogen-bond acceptors (Lipinski definition) is 3. The number of ether oxygens (including phenoxy) is 1. The second-order valence-corrected chi connectivity index (χ2v) is 8.66. The van der Waals surface area contributed by atoms with Gasteiger partial charge in [0, 0.05) is 31.6 Å². The van der Waals surface area contributed by atoms with Gasteiger partial charge in [-0.05, 0) is 51.2 Å². The van der Waals surface area contributed by atoms with Gasteiger partial charge in [0.2, 0.25) is 0 Å². The number of piperidine rings is 1. The largest absolute Gasteiger partial charge is 0.453 e. The Balaban J connectivity index is 1.91. The van der Waals surface area contributed by atoms with E-state index in [0.29, 0.717) is 25.9 Å². The highest BCUT2D eigenvalue weighted by Crippen LogP contribution is 2.38. The van der Waals surface area contributed by atoms with Crippen LogP contribution in [0.5, 0.6) is 0 Å². The second kappa shape index (κ2) is 9.40. The van der Waals surface area contributed by atoms with Gasteiger partial charge in [-0.1, -0.05) is 18.2 Å². The standard InChI is InChI=1S/C21H27F5N2O3/c1-19(2,3)31-18(30)28-10-8-14(9-11-28)13-27-17(29)16-7-5-4-6-15(16)12-20(22,23)21(24,25)26/h4-7,14H,8-13H2,1-3H3,(H,27,29). The highest BCUT2D eigenvalue weighted by Gasteiger charge is 2.57. The maximum absolute atomic E-state index is 13.4. The summed E-state index contributed by atoms with van der Waals surface area (Å²) in [4.78, 5) is 26.1. The zero-order valence-electron chi connectivity index (χ0n) is 17.7. The Kier molecular flexibility index (Phi) is 7.54. The molecule has 10 heteroatoms. The van der Waals surface area contributed by atoms with Crippen molar-refractivity contribution in [3.05, 3.63) is 35.4 Å². The first-order valence-electron chi connectivity index (χ1n) is 9.98. The number of halogens is 5. The van der Waals surface area contributed by atoms with Gasteiger partial charge in [0.1, 0.15) is 5.60 Å². The number of carbonyl (C=O) groups is 2. The van der Waals surface area contributed by atoms with E-state index in [2.05, 4.69) is 5.32 Å². The molecule has 1 aromatic carbocycles. The first-order chi connectivity index (χ1) is 14.2. The molecule has 1 fully saturated rings. The van der Waals surface area contributed by atoms with Crippen molar-refractivity contribution in [1.29, 1.82) is 0 Å². The van der Waals surface area contributed by atoms with E-state index in [1.165, 1.54) is 18.2 Å². The van der Waals surface area contributed by atoms with Crippen LogP contribution in [-0.2, 0) is 11.2 Å². The summed E-state index contributed by atoms with van der Waals surface area (Å²) in [5.74, 6) is -5.59. The highest BCUT2D eigenvalue weighted by molar-refractivity contribution is 5.95. The van der Waals surface area contributed by atoms with Gasteiger partial charge in [0.25, 0.3) is 5.91 Å². The van der Waals surface area contributed by atoms with Crippen molar-refractivity contribution in [2.75, 3.05) is 19.6 Å². The number of benzene rings is 1. The van der Waals surface area contributed by atoms with E-state index in [0.717, 1.165) is 6.07 Å². The SMILES string of the molecule is CC(C)(C)OC(=O)N1CCC(CNC(=O)c2ccccc2CC(F)(F)C(F)(F)F)CC1. The number of rotatable bonds is 5. The lowest BCUT2D eigenvalue weighted by molar-refractivity contribution is -0.281. The minimum absolute atomic E-state index is 0.0476. The minimum atomic E-state index is -5.70. The average molecular weight is 450 g/mol. The third-order valence-corrected chi connectivity index (χ3v) is 4.91. The monoisotopic (exact) mass is 450 g/mol. The summed E-state index contributed by atoms with van der Waals surface area (Å²) < 4.78 is 69.8. The van der Waals surface area contributed by atoms with Crippen LogP contribution in [0.25, 0.3) is 0 Å². The number of nitrogens with zero attached hydrogens (tertiary/aromatic N) is 1. The molecule has 174 valence electrons. The lowest BCUT2D eigenvalue weighted by Crippen LogP contribution is -2.43. The molecule has 31 heavy (non-hydrogen) atoms. The predicted molar refractivity (Wildman–Crippen MR) is 104 cm³/mol. The molecule has 2 amide bonds. The molecule has 0 spiro atoms. The summed E-state index contributed by atoms with van der Waals surface area (Å²) in [6, 6.07) is 5.03. The summed E-state index contributed by atoms with van der Waals surface area (Å²) in [5, 5.41) is 2.62. The van der Waals surface area contributed by atoms with Crippen LogP contribution >= 0.6 is 0 Å². The Morgan fingerprint density at radius 3 is 2.19 bits per heavy atom. The van der Waals surface area contributed by atoms with Crippen molar-refractivity contribution < 1.29 is 36.3 Å². The number of alkyl halides is 5. The molecule has 5 nitrogen and oxygen atoms in total. The average Bonchev–Trinajstić information content (AvgIpc) is 2.64. The zero-order chi connectivity index (χ0) is 23.4. The Morgan fingerprint density at radius 1 is 1.06 bits per heavy atom. The molecule has 0 aliphatic carbocycles. The molecule has 1 N–H and O–H groups in total. The van der Waals surface area contributed by atoms with Crippen LogP contribution in [0.15, 0.2) is 24.3 Å². The molecular formula is C21H27F5N2O3. The van der Waals surface area contributed by atoms with E-state index in [-0.39, 0.29) is 23.6 Å². The predicted octanol–water partition coefficient (Wildman–Crippen LogP) is 4.80. The van der Waals surface area contributed by atoms with Gasteiger partial charge in [-0.3, -0.25) is 4.79 Å². The van der Waals surface area contributed by atoms with Crippen LogP contribution in [0.4, 0.5) is 26.7 Å². The van der Waals surface area contributed by atoms with Gasteiger partial charge in [-0.2, -0.15) is 22.0 Å². The van der Waals surface area contributed by atoms with E-state index < -0.39 is 36.1 Å². The lowest BCUT2D eigenvalue weighted by Gasteiger charge is -2.33. The maximum atomic E-state index is 13.4. The third-order valence-electron chi connectivity index (χ3n) is 4.91. The van der Waals surface area contributed by atoms with Gasteiger partial charge < -0.3 is 15.0 Å². The highest BCUT2D eigenvalue weighted by atomic mass is 19.4. The topological polar surface area (TPSA) is 58.6 Å². The van der Waals surface area contributed by atoms with Crippen molar-refractivity contribution in [2.45, 2.75) is 57.7 Å². The molecule has 2 rings (SSSR count). The Morgan fingerprint density at radius 2 is 1.65 bits per heavy atom. The summed E-state index contributed by atoms with van der Waals surface area (Å²) >= 11 is 0. The molecule has 0 bridgehead atoms. The van der Waals surface area contributed by atoms with Crippen molar-refractivity contribution in [2.24, 2.45) is 5.92 Å². The zero-order valence-corrected chi connectivity index (χ0v) is 17.7. The molecule has 0 radical (unpaired) electrons. The van der Waals surface area contributed by atoms with Crippen LogP contribution in [0.2, 0.25) is 0 Å². The Labute approximate surface area is 177 Å². The van der Waals surface area contributed by atoms with Crippen molar-refractivity contribution in [3.63, 3.8) is 0 Å². The molecule has 1 saturated heterocycles. The lowest BCUT2D eigenvalue weighted by atomic mass is 9.96. The van der Waals surface area contributed by atoms with Crippen molar-refractivity contribution >= 4 is 12.0 Å². The molecule has 1 aliphatic heterocycles. The molecule has 1 aromatic rings. The van der Waals surface area contributed by atoms with E-state index in [9.17, 15) is 31.5 Å². The fraction of sp³-hybridized carbons (Fsp3) is 0.619. The molecule has 1 heterocycles. The van der Waals surface area contributed by atoms with E-state index in [4.69, 9.17) is 4.74 Å². The van der Waals surface area contributed by atoms with E-state index >= 15 is 0 Å². The second-order valence-electron chi connectivity index (χ2n) is 8.66. The molecule has 0 atom stereocenters. The van der Waals surface area contributed by atoms with Crippen LogP contribution in [0.3, 0.4) is 0 Å². The minimum Gasteiger partial charge on any atom is -0.444 e. The molecule has 0 unspecified atom stereocenters. The van der Waals surface area contributed by atoms with Crippen LogP contribution < -0.4 is 5.32 Å². The summed E-state index contributed by atoms with van der Waals surface area (Å²) in [6.45, 7) is 6.44. The van der Waals surface area contributed by atoms with Crippen molar-refractivity contribution in [3.8, 4) is 0 Å². The van der Waals surface area contributed by atoms with Gasteiger partial charge in [0.05, 0.1) is 0 Å². The number of likely N-dealkylation sites (tertiary alicyclic amines) is 1. The smallest absolute Gasteiger partial charge is 0.444 e. The summed E-state index contributed by atoms with van der Waals surface area (Å²) in [5.41, 5.74) is -1.18. The van der Waals surface area contributed by atoms with Gasteiger partial charge in [-0.15, -0.1) is 0 Å². The Hall–Kier alpha value is -2.39. The molecule has 0 saturated carbocycles. The number of carbonyl (C=O) groups excluding carboxylic acids is 2. The normalized spacial score (nSPS) is 16.2. The Bertz CT molecular complexity index is 782. The number of hydrogen-bond donors (Lipinski definition) is 1. The van der Waals surface area contributed by atoms with Crippen LogP contribution in [0.1, 0.15) is 49.5 Å². The van der Waals surface area contributed by atoms with E-state index in [1.54, 1.807) is 25.7 Å². The number of amides is 2. The van der Waals surface area contributed by atoms with E-state index in [1.807, 2.05) is 0 Å². The van der Waals surface area contributed by atoms with Crippen LogP contribution in [0, 0.1) is 5.92 Å². The maximum Gasteiger partial charge on any atom is 0.453 e. The van der Waals surface area contributed by atoms with Gasteiger partial charge in [0.15, 0.2) is 0 Å². The molecular weight excluding hydrogens is 423 g/mol. The fourth-order valence-electron chi connectivity index (χ4n) is 3.21. The summed E-state index contributed by atoms with van der Waals surface area (Å²) in [7, 11) is 0. The fourth-order valence-corrected chi connectivity index (χ4v) is 3.21. The third kappa shape index (κ3) is 7.07. The molecule has 1 aliphatic rings. The van der Waals surface area contributed by atoms with Gasteiger partial charge in [-0.25, -0.2) is 4.79 Å². The quantitative estimate of drug-likeness (QED) is 0.656. The van der Waals surface area contributed by atoms with Crippen molar-refractivity contribution in [1.82, 2.24) is 10.2 Å².